The topological polar surface area (TPSA) is 135 Å². The number of halogens is 1. The molecule has 2 aliphatic heterocycles. The molecule has 1 unspecified atom stereocenters. The summed E-state index contributed by atoms with van der Waals surface area (Å²) in [6.07, 6.45) is 5.06. The third kappa shape index (κ3) is 6.28. The lowest BCUT2D eigenvalue weighted by molar-refractivity contribution is -0.139. The Morgan fingerprint density at radius 3 is 2.73 bits per heavy atom. The van der Waals surface area contributed by atoms with E-state index in [1.54, 1.807) is 49.4 Å². The van der Waals surface area contributed by atoms with Crippen molar-refractivity contribution in [2.75, 3.05) is 29.8 Å². The Kier molecular flexibility index (Phi) is 8.13. The lowest BCUT2D eigenvalue weighted by Gasteiger charge is -2.26. The number of nitrogens with two attached hydrogens (primary N) is 1. The second kappa shape index (κ2) is 11.3. The molecule has 11 heteroatoms. The molecule has 0 aliphatic carbocycles. The first-order valence-electron chi connectivity index (χ1n) is 12.2. The zero-order valence-electron chi connectivity index (χ0n) is 20.6. The van der Waals surface area contributed by atoms with Crippen LogP contribution in [-0.4, -0.2) is 57.8 Å². The molecule has 0 spiro atoms. The first kappa shape index (κ1) is 26.6. The minimum Gasteiger partial charge on any atom is -0.487 e. The maximum atomic E-state index is 15.1. The highest BCUT2D eigenvalue weighted by molar-refractivity contribution is 7.93. The van der Waals surface area contributed by atoms with E-state index < -0.39 is 33.6 Å². The summed E-state index contributed by atoms with van der Waals surface area (Å²) >= 11 is 0. The zero-order chi connectivity index (χ0) is 26.6. The van der Waals surface area contributed by atoms with Crippen LogP contribution in [0.5, 0.6) is 5.75 Å². The first-order valence-corrected chi connectivity index (χ1v) is 13.8. The minimum absolute atomic E-state index is 0.0484. The summed E-state index contributed by atoms with van der Waals surface area (Å²) < 4.78 is 53.7. The molecule has 2 aliphatic rings. The minimum atomic E-state index is -4.19. The van der Waals surface area contributed by atoms with Crippen LogP contribution in [0, 0.1) is 11.2 Å². The predicted octanol–water partition coefficient (Wildman–Crippen LogP) is 2.58. The number of hydrogen-bond acceptors (Lipinski definition) is 7. The Morgan fingerprint density at radius 1 is 1.27 bits per heavy atom. The molecule has 4 rings (SSSR count). The number of fused-ring (bicyclic) bond motifs is 1. The SMILES string of the molecule is CCOC(=O)CS(=O)(=O)N1c2cc(F)c(OC3CCNCC3)cc2CC1/C=C/c1cccc(C(=N)N)c1. The number of ether oxygens (including phenoxy) is 2. The van der Waals surface area contributed by atoms with Crippen molar-refractivity contribution < 1.29 is 27.1 Å². The van der Waals surface area contributed by atoms with Gasteiger partial charge in [0.25, 0.3) is 0 Å². The van der Waals surface area contributed by atoms with Gasteiger partial charge in [0.1, 0.15) is 11.9 Å². The Hall–Kier alpha value is -3.44. The fourth-order valence-corrected chi connectivity index (χ4v) is 6.13. The van der Waals surface area contributed by atoms with Crippen molar-refractivity contribution in [1.29, 1.82) is 5.41 Å². The van der Waals surface area contributed by atoms with E-state index in [1.807, 2.05) is 0 Å². The van der Waals surface area contributed by atoms with E-state index in [9.17, 15) is 13.2 Å². The van der Waals surface area contributed by atoms with Crippen LogP contribution >= 0.6 is 0 Å². The van der Waals surface area contributed by atoms with Gasteiger partial charge in [-0.1, -0.05) is 30.4 Å². The van der Waals surface area contributed by atoms with Gasteiger partial charge in [-0.25, -0.2) is 12.8 Å². The monoisotopic (exact) mass is 530 g/mol. The van der Waals surface area contributed by atoms with E-state index in [-0.39, 0.29) is 36.4 Å². The smallest absolute Gasteiger partial charge is 0.323 e. The standard InChI is InChI=1S/C26H31FN4O5S/c1-2-35-25(32)16-37(33,34)31-20(7-6-17-4-3-5-18(12-17)26(28)29)13-19-14-24(22(27)15-23(19)31)36-21-8-10-30-11-9-21/h3-7,12,14-15,20-21,30H,2,8-11,13,16H2,1H3,(H3,28,29)/b7-6+. The predicted molar refractivity (Wildman–Crippen MR) is 140 cm³/mol. The van der Waals surface area contributed by atoms with Gasteiger partial charge in [-0.05, 0) is 62.5 Å². The number of benzene rings is 2. The number of nitrogen functional groups attached to an aromatic ring is 1. The third-order valence-electron chi connectivity index (χ3n) is 6.29. The summed E-state index contributed by atoms with van der Waals surface area (Å²) in [5.41, 5.74) is 7.60. The lowest BCUT2D eigenvalue weighted by Crippen LogP contribution is -2.40. The largest absolute Gasteiger partial charge is 0.487 e. The van der Waals surface area contributed by atoms with E-state index in [0.717, 1.165) is 30.2 Å². The highest BCUT2D eigenvalue weighted by atomic mass is 32.2. The molecule has 9 nitrogen and oxygen atoms in total. The van der Waals surface area contributed by atoms with Gasteiger partial charge in [-0.3, -0.25) is 14.5 Å². The summed E-state index contributed by atoms with van der Waals surface area (Å²) in [5, 5.41) is 10.9. The number of nitrogens with one attached hydrogen (secondary N) is 2. The van der Waals surface area contributed by atoms with Crippen LogP contribution in [0.4, 0.5) is 10.1 Å². The number of piperidine rings is 1. The van der Waals surface area contributed by atoms with Crippen LogP contribution in [0.25, 0.3) is 6.08 Å². The van der Waals surface area contributed by atoms with Gasteiger partial charge < -0.3 is 20.5 Å². The number of sulfonamides is 1. The quantitative estimate of drug-likeness (QED) is 0.258. The average molecular weight is 531 g/mol. The highest BCUT2D eigenvalue weighted by Crippen LogP contribution is 2.39. The number of carbonyl (C=O) groups is 1. The molecule has 4 N–H and O–H groups in total. The second-order valence-electron chi connectivity index (χ2n) is 9.01. The maximum Gasteiger partial charge on any atom is 0.323 e. The van der Waals surface area contributed by atoms with E-state index in [2.05, 4.69) is 5.32 Å². The Labute approximate surface area is 216 Å². The van der Waals surface area contributed by atoms with Crippen molar-refractivity contribution in [1.82, 2.24) is 5.32 Å². The van der Waals surface area contributed by atoms with Gasteiger partial charge in [0.05, 0.1) is 18.3 Å². The Bertz CT molecular complexity index is 1310. The van der Waals surface area contributed by atoms with Gasteiger partial charge in [0, 0.05) is 11.6 Å². The molecule has 2 aromatic rings. The summed E-state index contributed by atoms with van der Waals surface area (Å²) in [6, 6.07) is 8.98. The number of amidine groups is 1. The Morgan fingerprint density at radius 2 is 2.03 bits per heavy atom. The molecule has 2 heterocycles. The van der Waals surface area contributed by atoms with Crippen molar-refractivity contribution in [3.8, 4) is 5.75 Å². The maximum absolute atomic E-state index is 15.1. The number of esters is 1. The molecule has 198 valence electrons. The zero-order valence-corrected chi connectivity index (χ0v) is 21.4. The van der Waals surface area contributed by atoms with E-state index in [4.69, 9.17) is 20.6 Å². The first-order chi connectivity index (χ1) is 17.7. The second-order valence-corrected chi connectivity index (χ2v) is 10.9. The lowest BCUT2D eigenvalue weighted by atomic mass is 10.1. The van der Waals surface area contributed by atoms with Crippen LogP contribution in [0.2, 0.25) is 0 Å². The van der Waals surface area contributed by atoms with Crippen molar-refractivity contribution >= 4 is 33.6 Å². The van der Waals surface area contributed by atoms with Crippen LogP contribution < -0.4 is 20.1 Å². The molecule has 37 heavy (non-hydrogen) atoms. The molecule has 0 saturated carbocycles. The highest BCUT2D eigenvalue weighted by Gasteiger charge is 2.39. The molecule has 1 fully saturated rings. The van der Waals surface area contributed by atoms with Crippen molar-refractivity contribution in [3.63, 3.8) is 0 Å². The molecular weight excluding hydrogens is 499 g/mol. The molecular formula is C26H31FN4O5S. The average Bonchev–Trinajstić information content (AvgIpc) is 3.21. The molecule has 0 bridgehead atoms. The number of carbonyl (C=O) groups excluding carboxylic acids is 1. The summed E-state index contributed by atoms with van der Waals surface area (Å²) in [7, 11) is -4.19. The number of anilines is 1. The van der Waals surface area contributed by atoms with E-state index in [0.29, 0.717) is 16.7 Å². The van der Waals surface area contributed by atoms with Gasteiger partial charge in [0.15, 0.2) is 17.3 Å². The number of nitrogens with zero attached hydrogens (tertiary/aromatic N) is 1. The fourth-order valence-electron chi connectivity index (χ4n) is 4.58. The van der Waals surface area contributed by atoms with Crippen molar-refractivity contribution in [2.45, 2.75) is 38.3 Å². The van der Waals surface area contributed by atoms with Crippen LogP contribution in [0.3, 0.4) is 0 Å². The fraction of sp³-hybridized carbons (Fsp3) is 0.385. The molecule has 0 aromatic heterocycles. The van der Waals surface area contributed by atoms with Crippen LogP contribution in [0.15, 0.2) is 42.5 Å². The van der Waals surface area contributed by atoms with Crippen molar-refractivity contribution in [2.24, 2.45) is 5.73 Å². The molecule has 0 radical (unpaired) electrons. The van der Waals surface area contributed by atoms with Crippen molar-refractivity contribution in [3.05, 3.63) is 65.0 Å². The molecule has 1 atom stereocenters. The van der Waals surface area contributed by atoms with E-state index in [1.165, 1.54) is 6.07 Å². The van der Waals surface area contributed by atoms with Gasteiger partial charge in [-0.15, -0.1) is 0 Å². The van der Waals surface area contributed by atoms with Gasteiger partial charge in [0.2, 0.25) is 10.0 Å². The van der Waals surface area contributed by atoms with Crippen LogP contribution in [-0.2, 0) is 26.0 Å². The number of rotatable bonds is 9. The van der Waals surface area contributed by atoms with Gasteiger partial charge in [-0.2, -0.15) is 0 Å². The summed E-state index contributed by atoms with van der Waals surface area (Å²) in [6.45, 7) is 3.21. The summed E-state index contributed by atoms with van der Waals surface area (Å²) in [4.78, 5) is 12.1. The third-order valence-corrected chi connectivity index (χ3v) is 7.96. The normalized spacial score (nSPS) is 18.1. The molecule has 1 saturated heterocycles. The summed E-state index contributed by atoms with van der Waals surface area (Å²) in [5.74, 6) is -2.39. The molecule has 0 amide bonds. The molecule has 2 aromatic carbocycles. The van der Waals surface area contributed by atoms with Crippen LogP contribution in [0.1, 0.15) is 36.5 Å². The number of hydrogen-bond donors (Lipinski definition) is 3. The van der Waals surface area contributed by atoms with E-state index >= 15 is 4.39 Å². The Balaban J connectivity index is 1.67. The van der Waals surface area contributed by atoms with Gasteiger partial charge >= 0.3 is 5.97 Å².